The number of hydrogen-bond donors (Lipinski definition) is 2. The lowest BCUT2D eigenvalue weighted by Gasteiger charge is -2.13. The molecule has 0 spiro atoms. The fraction of sp³-hybridized carbons (Fsp3) is 0.286. The first kappa shape index (κ1) is 12.4. The monoisotopic (exact) mass is 243 g/mol. The van der Waals surface area contributed by atoms with Crippen molar-refractivity contribution in [2.24, 2.45) is 0 Å². The minimum atomic E-state index is -0.127. The van der Waals surface area contributed by atoms with E-state index < -0.39 is 0 Å². The minimum absolute atomic E-state index is 0.0589. The van der Waals surface area contributed by atoms with Crippen LogP contribution in [0.3, 0.4) is 0 Å². The molecule has 18 heavy (non-hydrogen) atoms. The summed E-state index contributed by atoms with van der Waals surface area (Å²) in [5.74, 6) is 0.702. The molecule has 1 atom stereocenters. The zero-order valence-electron chi connectivity index (χ0n) is 10.6. The summed E-state index contributed by atoms with van der Waals surface area (Å²) in [4.78, 5) is 19.3. The minimum Gasteiger partial charge on any atom is -0.347 e. The van der Waals surface area contributed by atoms with Crippen LogP contribution in [-0.4, -0.2) is 15.9 Å². The van der Waals surface area contributed by atoms with Crippen LogP contribution >= 0.6 is 0 Å². The Morgan fingerprint density at radius 2 is 2.22 bits per heavy atom. The Morgan fingerprint density at radius 1 is 1.44 bits per heavy atom. The van der Waals surface area contributed by atoms with E-state index in [0.29, 0.717) is 0 Å². The molecule has 0 radical (unpaired) electrons. The molecule has 1 aromatic heterocycles. The van der Waals surface area contributed by atoms with Gasteiger partial charge in [0.15, 0.2) is 0 Å². The molecule has 1 unspecified atom stereocenters. The molecule has 2 N–H and O–H groups in total. The van der Waals surface area contributed by atoms with Crippen LogP contribution in [0, 0.1) is 0 Å². The Morgan fingerprint density at radius 3 is 2.89 bits per heavy atom. The SMILES string of the molecule is CCc1ccccc1C(=O)NC(C)c1ncc[nH]1. The van der Waals surface area contributed by atoms with Crippen LogP contribution in [-0.2, 0) is 6.42 Å². The van der Waals surface area contributed by atoms with Gasteiger partial charge in [-0.15, -0.1) is 0 Å². The van der Waals surface area contributed by atoms with Crippen molar-refractivity contribution in [1.82, 2.24) is 15.3 Å². The molecule has 94 valence electrons. The number of nitrogens with one attached hydrogen (secondary N) is 2. The van der Waals surface area contributed by atoms with Crippen LogP contribution in [0.2, 0.25) is 0 Å². The molecule has 1 heterocycles. The first-order chi connectivity index (χ1) is 8.72. The average molecular weight is 243 g/mol. The molecule has 0 saturated heterocycles. The van der Waals surface area contributed by atoms with E-state index in [-0.39, 0.29) is 11.9 Å². The Balaban J connectivity index is 2.12. The van der Waals surface area contributed by atoms with Gasteiger partial charge in [0.2, 0.25) is 0 Å². The van der Waals surface area contributed by atoms with E-state index in [2.05, 4.69) is 15.3 Å². The number of imidazole rings is 1. The fourth-order valence-corrected chi connectivity index (χ4v) is 1.91. The van der Waals surface area contributed by atoms with Gasteiger partial charge in [0.25, 0.3) is 5.91 Å². The third kappa shape index (κ3) is 2.59. The van der Waals surface area contributed by atoms with Crippen molar-refractivity contribution in [2.45, 2.75) is 26.3 Å². The lowest BCUT2D eigenvalue weighted by Crippen LogP contribution is -2.28. The van der Waals surface area contributed by atoms with Crippen LogP contribution in [0.1, 0.15) is 41.6 Å². The third-order valence-electron chi connectivity index (χ3n) is 2.92. The van der Waals surface area contributed by atoms with Gasteiger partial charge in [-0.25, -0.2) is 4.98 Å². The van der Waals surface area contributed by atoms with Gasteiger partial charge in [0, 0.05) is 18.0 Å². The normalized spacial score (nSPS) is 12.1. The van der Waals surface area contributed by atoms with Crippen LogP contribution < -0.4 is 5.32 Å². The summed E-state index contributed by atoms with van der Waals surface area (Å²) in [6.07, 6.45) is 4.27. The van der Waals surface area contributed by atoms with Crippen LogP contribution in [0.4, 0.5) is 0 Å². The van der Waals surface area contributed by atoms with Crippen molar-refractivity contribution in [3.05, 3.63) is 53.6 Å². The summed E-state index contributed by atoms with van der Waals surface area (Å²) >= 11 is 0. The van der Waals surface area contributed by atoms with Crippen LogP contribution in [0.5, 0.6) is 0 Å². The maximum Gasteiger partial charge on any atom is 0.252 e. The first-order valence-corrected chi connectivity index (χ1v) is 6.10. The molecule has 0 aliphatic carbocycles. The van der Waals surface area contributed by atoms with Gasteiger partial charge in [0.05, 0.1) is 6.04 Å². The zero-order valence-corrected chi connectivity index (χ0v) is 10.6. The quantitative estimate of drug-likeness (QED) is 0.866. The molecule has 0 aliphatic rings. The number of aromatic amines is 1. The van der Waals surface area contributed by atoms with Crippen LogP contribution in [0.25, 0.3) is 0 Å². The number of aryl methyl sites for hydroxylation is 1. The number of benzene rings is 1. The fourth-order valence-electron chi connectivity index (χ4n) is 1.91. The summed E-state index contributed by atoms with van der Waals surface area (Å²) in [5.41, 5.74) is 1.79. The van der Waals surface area contributed by atoms with Crippen molar-refractivity contribution in [1.29, 1.82) is 0 Å². The summed E-state index contributed by atoms with van der Waals surface area (Å²) in [7, 11) is 0. The molecular weight excluding hydrogens is 226 g/mol. The molecule has 4 heteroatoms. The molecule has 0 fully saturated rings. The van der Waals surface area contributed by atoms with E-state index in [4.69, 9.17) is 0 Å². The Bertz CT molecular complexity index is 520. The smallest absolute Gasteiger partial charge is 0.252 e. The highest BCUT2D eigenvalue weighted by Gasteiger charge is 2.14. The predicted molar refractivity (Wildman–Crippen MR) is 70.3 cm³/mol. The van der Waals surface area contributed by atoms with E-state index in [9.17, 15) is 4.79 Å². The maximum atomic E-state index is 12.2. The molecule has 0 aliphatic heterocycles. The second-order valence-corrected chi connectivity index (χ2v) is 4.18. The lowest BCUT2D eigenvalue weighted by molar-refractivity contribution is 0.0937. The second kappa shape index (κ2) is 5.49. The van der Waals surface area contributed by atoms with Crippen molar-refractivity contribution in [2.75, 3.05) is 0 Å². The van der Waals surface area contributed by atoms with E-state index in [1.165, 1.54) is 0 Å². The molecule has 0 saturated carbocycles. The number of H-pyrrole nitrogens is 1. The number of rotatable bonds is 4. The summed E-state index contributed by atoms with van der Waals surface area (Å²) in [6, 6.07) is 7.53. The van der Waals surface area contributed by atoms with Crippen LogP contribution in [0.15, 0.2) is 36.7 Å². The number of aromatic nitrogens is 2. The molecule has 2 rings (SSSR count). The summed E-state index contributed by atoms with van der Waals surface area (Å²) in [5, 5.41) is 2.94. The lowest BCUT2D eigenvalue weighted by atomic mass is 10.0. The van der Waals surface area contributed by atoms with Crippen molar-refractivity contribution >= 4 is 5.91 Å². The first-order valence-electron chi connectivity index (χ1n) is 6.10. The third-order valence-corrected chi connectivity index (χ3v) is 2.92. The number of carbonyl (C=O) groups is 1. The summed E-state index contributed by atoms with van der Waals surface area (Å²) in [6.45, 7) is 3.95. The maximum absolute atomic E-state index is 12.2. The highest BCUT2D eigenvalue weighted by molar-refractivity contribution is 5.95. The number of hydrogen-bond acceptors (Lipinski definition) is 2. The van der Waals surface area contributed by atoms with Gasteiger partial charge < -0.3 is 10.3 Å². The standard InChI is InChI=1S/C14H17N3O/c1-3-11-6-4-5-7-12(11)14(18)17-10(2)13-15-8-9-16-13/h4-10H,3H2,1-2H3,(H,15,16)(H,17,18). The Labute approximate surface area is 106 Å². The molecule has 2 aromatic rings. The molecule has 4 nitrogen and oxygen atoms in total. The summed E-state index contributed by atoms with van der Waals surface area (Å²) < 4.78 is 0. The van der Waals surface area contributed by atoms with Gasteiger partial charge >= 0.3 is 0 Å². The Hall–Kier alpha value is -2.10. The van der Waals surface area contributed by atoms with Crippen molar-refractivity contribution in [3.8, 4) is 0 Å². The predicted octanol–water partition coefficient (Wildman–Crippen LogP) is 2.46. The van der Waals surface area contributed by atoms with Gasteiger partial charge in [-0.3, -0.25) is 4.79 Å². The second-order valence-electron chi connectivity index (χ2n) is 4.18. The molecule has 1 amide bonds. The highest BCUT2D eigenvalue weighted by Crippen LogP contribution is 2.12. The van der Waals surface area contributed by atoms with Gasteiger partial charge in [0.1, 0.15) is 5.82 Å². The van der Waals surface area contributed by atoms with Crippen molar-refractivity contribution < 1.29 is 4.79 Å². The average Bonchev–Trinajstić information content (AvgIpc) is 2.92. The van der Waals surface area contributed by atoms with Gasteiger partial charge in [-0.1, -0.05) is 25.1 Å². The highest BCUT2D eigenvalue weighted by atomic mass is 16.1. The van der Waals surface area contributed by atoms with E-state index in [1.54, 1.807) is 12.4 Å². The van der Waals surface area contributed by atoms with Crippen molar-refractivity contribution in [3.63, 3.8) is 0 Å². The Kier molecular flexibility index (Phi) is 3.77. The van der Waals surface area contributed by atoms with E-state index in [1.807, 2.05) is 38.1 Å². The van der Waals surface area contributed by atoms with Gasteiger partial charge in [-0.05, 0) is 25.0 Å². The topological polar surface area (TPSA) is 57.8 Å². The van der Waals surface area contributed by atoms with E-state index in [0.717, 1.165) is 23.4 Å². The molecular formula is C14H17N3O. The molecule has 0 bridgehead atoms. The number of nitrogens with zero attached hydrogens (tertiary/aromatic N) is 1. The molecule has 1 aromatic carbocycles. The largest absolute Gasteiger partial charge is 0.347 e. The van der Waals surface area contributed by atoms with E-state index >= 15 is 0 Å². The number of amides is 1. The number of carbonyl (C=O) groups excluding carboxylic acids is 1. The zero-order chi connectivity index (χ0) is 13.0. The van der Waals surface area contributed by atoms with Gasteiger partial charge in [-0.2, -0.15) is 0 Å².